The highest BCUT2D eigenvalue weighted by atomic mass is 32.2. The SMILES string of the molecule is Cc1cc(C(OS(C)(=O)=O)[C@H](C)NC(=O)OC(C)(C)C)cc(C(F)(F)F)c1. The Balaban J connectivity index is 3.26. The second kappa shape index (κ2) is 8.05. The first kappa shape index (κ1) is 23.2. The molecule has 0 bridgehead atoms. The van der Waals surface area contributed by atoms with Crippen molar-refractivity contribution in [1.29, 1.82) is 0 Å². The topological polar surface area (TPSA) is 81.7 Å². The molecule has 0 aliphatic carbocycles. The van der Waals surface area contributed by atoms with Gasteiger partial charge in [-0.15, -0.1) is 0 Å². The van der Waals surface area contributed by atoms with Crippen molar-refractivity contribution in [3.05, 3.63) is 34.9 Å². The van der Waals surface area contributed by atoms with E-state index < -0.39 is 45.7 Å². The number of alkyl halides is 3. The van der Waals surface area contributed by atoms with E-state index in [0.717, 1.165) is 18.4 Å². The second-order valence-electron chi connectivity index (χ2n) is 7.29. The molecule has 0 saturated heterocycles. The number of hydrogen-bond acceptors (Lipinski definition) is 5. The lowest BCUT2D eigenvalue weighted by Gasteiger charge is -2.27. The van der Waals surface area contributed by atoms with Crippen LogP contribution >= 0.6 is 0 Å². The molecule has 2 atom stereocenters. The average molecular weight is 411 g/mol. The summed E-state index contributed by atoms with van der Waals surface area (Å²) in [6.07, 6.45) is -6.05. The number of nitrogens with one attached hydrogen (secondary N) is 1. The number of carbonyl (C=O) groups is 1. The maximum absolute atomic E-state index is 13.1. The van der Waals surface area contributed by atoms with Crippen molar-refractivity contribution in [3.63, 3.8) is 0 Å². The van der Waals surface area contributed by atoms with Gasteiger partial charge in [0.15, 0.2) is 0 Å². The number of carbonyl (C=O) groups excluding carboxylic acids is 1. The number of rotatable bonds is 5. The highest BCUT2D eigenvalue weighted by Crippen LogP contribution is 2.34. The van der Waals surface area contributed by atoms with Crippen LogP contribution < -0.4 is 5.32 Å². The highest BCUT2D eigenvalue weighted by Gasteiger charge is 2.34. The zero-order valence-corrected chi connectivity index (χ0v) is 16.8. The molecule has 1 rings (SSSR count). The summed E-state index contributed by atoms with van der Waals surface area (Å²) in [7, 11) is -4.02. The van der Waals surface area contributed by atoms with Gasteiger partial charge in [0.2, 0.25) is 0 Å². The van der Waals surface area contributed by atoms with Gasteiger partial charge in [0.05, 0.1) is 17.9 Å². The molecule has 0 radical (unpaired) electrons. The van der Waals surface area contributed by atoms with Crippen LogP contribution in [0.5, 0.6) is 0 Å². The standard InChI is InChI=1S/C17H24F3NO5S/c1-10-7-12(9-13(8-10)17(18,19)20)14(26-27(6,23)24)11(2)21-15(22)25-16(3,4)5/h7-9,11,14H,1-6H3,(H,21,22)/t11-,14?/m0/s1. The predicted molar refractivity (Wildman–Crippen MR) is 93.7 cm³/mol. The summed E-state index contributed by atoms with van der Waals surface area (Å²) in [5.74, 6) is 0. The average Bonchev–Trinajstić information content (AvgIpc) is 2.39. The minimum absolute atomic E-state index is 0.0312. The summed E-state index contributed by atoms with van der Waals surface area (Å²) in [4.78, 5) is 11.9. The molecule has 1 aromatic rings. The lowest BCUT2D eigenvalue weighted by Crippen LogP contribution is -2.41. The molecule has 1 aromatic carbocycles. The molecule has 10 heteroatoms. The van der Waals surface area contributed by atoms with Crippen molar-refractivity contribution in [3.8, 4) is 0 Å². The number of halogens is 3. The molecule has 0 aliphatic heterocycles. The molecule has 0 fully saturated rings. The molecule has 6 nitrogen and oxygen atoms in total. The van der Waals surface area contributed by atoms with Crippen LogP contribution in [-0.4, -0.2) is 32.4 Å². The summed E-state index contributed by atoms with van der Waals surface area (Å²) in [5, 5.41) is 2.40. The van der Waals surface area contributed by atoms with Crippen LogP contribution in [-0.2, 0) is 25.2 Å². The maximum Gasteiger partial charge on any atom is 0.416 e. The fourth-order valence-corrected chi connectivity index (χ4v) is 2.98. The summed E-state index contributed by atoms with van der Waals surface area (Å²) in [6, 6.07) is 2.12. The number of benzene rings is 1. The fraction of sp³-hybridized carbons (Fsp3) is 0.588. The third kappa shape index (κ3) is 8.17. The van der Waals surface area contributed by atoms with Gasteiger partial charge in [-0.1, -0.05) is 11.6 Å². The van der Waals surface area contributed by atoms with E-state index >= 15 is 0 Å². The summed E-state index contributed by atoms with van der Waals surface area (Å²) in [6.45, 7) is 7.77. The minimum Gasteiger partial charge on any atom is -0.444 e. The zero-order chi connectivity index (χ0) is 21.2. The summed E-state index contributed by atoms with van der Waals surface area (Å²) >= 11 is 0. The minimum atomic E-state index is -4.61. The smallest absolute Gasteiger partial charge is 0.416 e. The van der Waals surface area contributed by atoms with Crippen LogP contribution in [0.4, 0.5) is 18.0 Å². The van der Waals surface area contributed by atoms with E-state index in [9.17, 15) is 26.4 Å². The Morgan fingerprint density at radius 3 is 2.15 bits per heavy atom. The van der Waals surface area contributed by atoms with Gasteiger partial charge in [0.25, 0.3) is 10.1 Å². The Bertz CT molecular complexity index is 785. The molecule has 154 valence electrons. The first-order valence-electron chi connectivity index (χ1n) is 8.04. The number of ether oxygens (including phenoxy) is 1. The van der Waals surface area contributed by atoms with E-state index in [-0.39, 0.29) is 11.1 Å². The van der Waals surface area contributed by atoms with Gasteiger partial charge >= 0.3 is 12.3 Å². The Kier molecular flexibility index (Phi) is 6.93. The van der Waals surface area contributed by atoms with Crippen molar-refractivity contribution >= 4 is 16.2 Å². The van der Waals surface area contributed by atoms with Crippen LogP contribution in [0.1, 0.15) is 50.5 Å². The van der Waals surface area contributed by atoms with E-state index in [4.69, 9.17) is 8.92 Å². The zero-order valence-electron chi connectivity index (χ0n) is 16.0. The lowest BCUT2D eigenvalue weighted by atomic mass is 9.98. The van der Waals surface area contributed by atoms with Gasteiger partial charge in [0.1, 0.15) is 11.7 Å². The molecule has 27 heavy (non-hydrogen) atoms. The van der Waals surface area contributed by atoms with E-state index in [1.54, 1.807) is 20.8 Å². The first-order chi connectivity index (χ1) is 12.0. The summed E-state index contributed by atoms with van der Waals surface area (Å²) in [5.41, 5.74) is -1.50. The quantitative estimate of drug-likeness (QED) is 0.742. The monoisotopic (exact) mass is 411 g/mol. The van der Waals surface area contributed by atoms with Gasteiger partial charge in [-0.25, -0.2) is 4.79 Å². The predicted octanol–water partition coefficient (Wildman–Crippen LogP) is 3.94. The molecule has 0 spiro atoms. The molecule has 1 amide bonds. The highest BCUT2D eigenvalue weighted by molar-refractivity contribution is 7.86. The third-order valence-electron chi connectivity index (χ3n) is 3.23. The number of alkyl carbamates (subject to hydrolysis) is 1. The van der Waals surface area contributed by atoms with Crippen molar-refractivity contribution in [2.24, 2.45) is 0 Å². The second-order valence-corrected chi connectivity index (χ2v) is 8.89. The molecule has 1 unspecified atom stereocenters. The van der Waals surface area contributed by atoms with Gasteiger partial charge in [0, 0.05) is 0 Å². The van der Waals surface area contributed by atoms with E-state index in [0.29, 0.717) is 0 Å². The van der Waals surface area contributed by atoms with Crippen LogP contribution in [0.2, 0.25) is 0 Å². The normalized spacial score (nSPS) is 15.1. The van der Waals surface area contributed by atoms with Crippen LogP contribution in [0.25, 0.3) is 0 Å². The van der Waals surface area contributed by atoms with Gasteiger partial charge in [-0.05, 0) is 52.3 Å². The van der Waals surface area contributed by atoms with Crippen LogP contribution in [0, 0.1) is 6.92 Å². The first-order valence-corrected chi connectivity index (χ1v) is 9.86. The van der Waals surface area contributed by atoms with E-state index in [2.05, 4.69) is 5.32 Å². The Hall–Kier alpha value is -1.81. The number of hydrogen-bond donors (Lipinski definition) is 1. The maximum atomic E-state index is 13.1. The van der Waals surface area contributed by atoms with E-state index in [1.807, 2.05) is 0 Å². The number of amides is 1. The van der Waals surface area contributed by atoms with Gasteiger partial charge in [-0.2, -0.15) is 21.6 Å². The van der Waals surface area contributed by atoms with Crippen molar-refractivity contribution in [2.75, 3.05) is 6.26 Å². The molecule has 0 saturated carbocycles. The molecular weight excluding hydrogens is 387 g/mol. The van der Waals surface area contributed by atoms with E-state index in [1.165, 1.54) is 19.9 Å². The number of aryl methyl sites for hydroxylation is 1. The van der Waals surface area contributed by atoms with Crippen LogP contribution in [0.15, 0.2) is 18.2 Å². The Labute approximate surface area is 157 Å². The van der Waals surface area contributed by atoms with Crippen molar-refractivity contribution in [1.82, 2.24) is 5.32 Å². The molecule has 0 aromatic heterocycles. The summed E-state index contributed by atoms with van der Waals surface area (Å²) < 4.78 is 72.6. The molecular formula is C17H24F3NO5S. The Morgan fingerprint density at radius 2 is 1.70 bits per heavy atom. The van der Waals surface area contributed by atoms with Gasteiger partial charge < -0.3 is 10.1 Å². The molecule has 0 heterocycles. The van der Waals surface area contributed by atoms with Gasteiger partial charge in [-0.3, -0.25) is 4.18 Å². The fourth-order valence-electron chi connectivity index (χ4n) is 2.33. The Morgan fingerprint density at radius 1 is 1.15 bits per heavy atom. The largest absolute Gasteiger partial charge is 0.444 e. The molecule has 1 N–H and O–H groups in total. The lowest BCUT2D eigenvalue weighted by molar-refractivity contribution is -0.137. The third-order valence-corrected chi connectivity index (χ3v) is 3.79. The molecule has 0 aliphatic rings. The van der Waals surface area contributed by atoms with Crippen LogP contribution in [0.3, 0.4) is 0 Å². The van der Waals surface area contributed by atoms with Crippen molar-refractivity contribution in [2.45, 2.75) is 58.5 Å². The van der Waals surface area contributed by atoms with Crippen molar-refractivity contribution < 1.29 is 35.3 Å².